The van der Waals surface area contributed by atoms with Gasteiger partial charge in [0.2, 0.25) is 0 Å². The van der Waals surface area contributed by atoms with Crippen molar-refractivity contribution in [3.8, 4) is 17.2 Å². The van der Waals surface area contributed by atoms with E-state index in [-0.39, 0.29) is 5.91 Å². The van der Waals surface area contributed by atoms with Crippen molar-refractivity contribution < 1.29 is 4.79 Å². The van der Waals surface area contributed by atoms with Crippen LogP contribution in [0.2, 0.25) is 10.0 Å². The van der Waals surface area contributed by atoms with Gasteiger partial charge in [0.05, 0.1) is 17.1 Å². The lowest BCUT2D eigenvalue weighted by molar-refractivity contribution is 0.0959. The number of hydrogen-bond donors (Lipinski definition) is 2. The van der Waals surface area contributed by atoms with E-state index in [9.17, 15) is 10.1 Å². The minimum Gasteiger partial charge on any atom is -0.354 e. The minimum absolute atomic E-state index is 0.229. The van der Waals surface area contributed by atoms with Gasteiger partial charge in [-0.25, -0.2) is 0 Å². The number of nitriles is 1. The molecular formula is C17H11Cl2N3O. The molecule has 0 atom stereocenters. The highest BCUT2D eigenvalue weighted by molar-refractivity contribution is 6.36. The van der Waals surface area contributed by atoms with E-state index in [1.807, 2.05) is 0 Å². The highest BCUT2D eigenvalue weighted by atomic mass is 35.5. The third kappa shape index (κ3) is 2.77. The van der Waals surface area contributed by atoms with Gasteiger partial charge in [0.15, 0.2) is 0 Å². The molecule has 4 nitrogen and oxygen atoms in total. The maximum Gasteiger partial charge on any atom is 0.267 e. The van der Waals surface area contributed by atoms with Crippen molar-refractivity contribution >= 4 is 40.0 Å². The summed E-state index contributed by atoms with van der Waals surface area (Å²) in [6, 6.07) is 12.5. The Morgan fingerprint density at radius 3 is 2.61 bits per heavy atom. The molecule has 0 bridgehead atoms. The number of hydrogen-bond acceptors (Lipinski definition) is 2. The van der Waals surface area contributed by atoms with Gasteiger partial charge in [-0.05, 0) is 30.3 Å². The maximum atomic E-state index is 11.8. The van der Waals surface area contributed by atoms with E-state index >= 15 is 0 Å². The Bertz CT molecular complexity index is 970. The smallest absolute Gasteiger partial charge is 0.267 e. The van der Waals surface area contributed by atoms with Crippen molar-refractivity contribution in [2.24, 2.45) is 0 Å². The van der Waals surface area contributed by atoms with E-state index in [0.29, 0.717) is 21.3 Å². The second kappa shape index (κ2) is 5.96. The van der Waals surface area contributed by atoms with E-state index in [1.165, 1.54) is 0 Å². The SMILES string of the molecule is CNC(=O)c1cc2cc(C#N)cc(-c3ccc(Cl)cc3Cl)c2[nH]1. The van der Waals surface area contributed by atoms with Crippen LogP contribution >= 0.6 is 23.2 Å². The summed E-state index contributed by atoms with van der Waals surface area (Å²) >= 11 is 12.2. The molecule has 0 saturated heterocycles. The van der Waals surface area contributed by atoms with Gasteiger partial charge in [-0.2, -0.15) is 5.26 Å². The molecule has 2 aromatic carbocycles. The highest BCUT2D eigenvalue weighted by Crippen LogP contribution is 2.35. The van der Waals surface area contributed by atoms with E-state index in [2.05, 4.69) is 16.4 Å². The van der Waals surface area contributed by atoms with Gasteiger partial charge >= 0.3 is 0 Å². The van der Waals surface area contributed by atoms with Crippen LogP contribution < -0.4 is 5.32 Å². The summed E-state index contributed by atoms with van der Waals surface area (Å²) in [7, 11) is 1.56. The van der Waals surface area contributed by atoms with Crippen molar-refractivity contribution in [2.75, 3.05) is 7.05 Å². The van der Waals surface area contributed by atoms with E-state index in [0.717, 1.165) is 22.0 Å². The fourth-order valence-corrected chi connectivity index (χ4v) is 3.00. The predicted octanol–water partition coefficient (Wildman–Crippen LogP) is 4.37. The highest BCUT2D eigenvalue weighted by Gasteiger charge is 2.15. The van der Waals surface area contributed by atoms with E-state index in [1.54, 1.807) is 43.4 Å². The fraction of sp³-hybridized carbons (Fsp3) is 0.0588. The Morgan fingerprint density at radius 1 is 1.17 bits per heavy atom. The topological polar surface area (TPSA) is 68.7 Å². The first-order valence-electron chi connectivity index (χ1n) is 6.78. The van der Waals surface area contributed by atoms with Crippen molar-refractivity contribution in [2.45, 2.75) is 0 Å². The monoisotopic (exact) mass is 343 g/mol. The maximum absolute atomic E-state index is 11.8. The van der Waals surface area contributed by atoms with Gasteiger partial charge < -0.3 is 10.3 Å². The lowest BCUT2D eigenvalue weighted by Crippen LogP contribution is -2.17. The second-order valence-corrected chi connectivity index (χ2v) is 5.83. The number of benzene rings is 2. The third-order valence-electron chi connectivity index (χ3n) is 3.55. The summed E-state index contributed by atoms with van der Waals surface area (Å²) in [5.41, 5.74) is 3.14. The number of H-pyrrole nitrogens is 1. The van der Waals surface area contributed by atoms with Crippen LogP contribution in [0.1, 0.15) is 16.1 Å². The summed E-state index contributed by atoms with van der Waals surface area (Å²) in [4.78, 5) is 14.9. The average Bonchev–Trinajstić information content (AvgIpc) is 2.97. The van der Waals surface area contributed by atoms with Crippen molar-refractivity contribution in [1.29, 1.82) is 5.26 Å². The molecule has 0 aliphatic rings. The molecule has 0 aliphatic heterocycles. The summed E-state index contributed by atoms with van der Waals surface area (Å²) in [5, 5.41) is 13.6. The Kier molecular flexibility index (Phi) is 3.99. The van der Waals surface area contributed by atoms with Gasteiger partial charge in [0, 0.05) is 33.6 Å². The number of nitrogens with zero attached hydrogens (tertiary/aromatic N) is 1. The first-order chi connectivity index (χ1) is 11.0. The second-order valence-electron chi connectivity index (χ2n) is 4.99. The van der Waals surface area contributed by atoms with Crippen LogP contribution in [-0.4, -0.2) is 17.9 Å². The Hall–Kier alpha value is -2.48. The molecule has 1 aromatic heterocycles. The zero-order chi connectivity index (χ0) is 16.6. The number of aromatic nitrogens is 1. The lowest BCUT2D eigenvalue weighted by atomic mass is 10.0. The number of rotatable bonds is 2. The molecule has 114 valence electrons. The molecule has 0 saturated carbocycles. The molecule has 3 aromatic rings. The van der Waals surface area contributed by atoms with Crippen LogP contribution in [0.4, 0.5) is 0 Å². The molecule has 1 amide bonds. The molecule has 3 rings (SSSR count). The molecule has 1 heterocycles. The van der Waals surface area contributed by atoms with Crippen LogP contribution in [0.15, 0.2) is 36.4 Å². The summed E-state index contributed by atoms with van der Waals surface area (Å²) in [6.45, 7) is 0. The van der Waals surface area contributed by atoms with Crippen molar-refractivity contribution in [1.82, 2.24) is 10.3 Å². The molecule has 0 spiro atoms. The molecule has 23 heavy (non-hydrogen) atoms. The number of amides is 1. The summed E-state index contributed by atoms with van der Waals surface area (Å²) in [5.74, 6) is -0.229. The Labute approximate surface area is 142 Å². The van der Waals surface area contributed by atoms with Crippen molar-refractivity contribution in [3.63, 3.8) is 0 Å². The molecule has 6 heteroatoms. The molecular weight excluding hydrogens is 333 g/mol. The van der Waals surface area contributed by atoms with Crippen LogP contribution in [-0.2, 0) is 0 Å². The number of nitrogens with one attached hydrogen (secondary N) is 2. The molecule has 2 N–H and O–H groups in total. The standard InChI is InChI=1S/C17H11Cl2N3O/c1-21-17(23)15-6-10-4-9(8-20)5-13(16(10)22-15)12-3-2-11(18)7-14(12)19/h2-7,22H,1H3,(H,21,23). The van der Waals surface area contributed by atoms with E-state index < -0.39 is 0 Å². The van der Waals surface area contributed by atoms with Gasteiger partial charge in [0.25, 0.3) is 5.91 Å². The fourth-order valence-electron chi connectivity index (χ4n) is 2.49. The quantitative estimate of drug-likeness (QED) is 0.725. The van der Waals surface area contributed by atoms with Gasteiger partial charge in [-0.1, -0.05) is 29.3 Å². The van der Waals surface area contributed by atoms with Crippen LogP contribution in [0.3, 0.4) is 0 Å². The number of halogens is 2. The first kappa shape index (κ1) is 15.4. The first-order valence-corrected chi connectivity index (χ1v) is 7.53. The van der Waals surface area contributed by atoms with E-state index in [4.69, 9.17) is 23.2 Å². The minimum atomic E-state index is -0.229. The van der Waals surface area contributed by atoms with Crippen LogP contribution in [0.25, 0.3) is 22.0 Å². The summed E-state index contributed by atoms with van der Waals surface area (Å²) in [6.07, 6.45) is 0. The molecule has 0 unspecified atom stereocenters. The molecule has 0 fully saturated rings. The van der Waals surface area contributed by atoms with Gasteiger partial charge in [0.1, 0.15) is 5.69 Å². The number of carbonyl (C=O) groups excluding carboxylic acids is 1. The Balaban J connectivity index is 2.32. The number of carbonyl (C=O) groups is 1. The number of fused-ring (bicyclic) bond motifs is 1. The number of aromatic amines is 1. The molecule has 0 aliphatic carbocycles. The average molecular weight is 344 g/mol. The zero-order valence-corrected chi connectivity index (χ0v) is 13.6. The van der Waals surface area contributed by atoms with Crippen LogP contribution in [0, 0.1) is 11.3 Å². The van der Waals surface area contributed by atoms with Crippen LogP contribution in [0.5, 0.6) is 0 Å². The van der Waals surface area contributed by atoms with Gasteiger partial charge in [-0.15, -0.1) is 0 Å². The predicted molar refractivity (Wildman–Crippen MR) is 91.9 cm³/mol. The van der Waals surface area contributed by atoms with Crippen molar-refractivity contribution in [3.05, 3.63) is 57.7 Å². The zero-order valence-electron chi connectivity index (χ0n) is 12.1. The third-order valence-corrected chi connectivity index (χ3v) is 4.10. The molecule has 0 radical (unpaired) electrons. The van der Waals surface area contributed by atoms with Gasteiger partial charge in [-0.3, -0.25) is 4.79 Å². The Morgan fingerprint density at radius 2 is 1.96 bits per heavy atom. The largest absolute Gasteiger partial charge is 0.354 e. The lowest BCUT2D eigenvalue weighted by Gasteiger charge is -2.07. The normalized spacial score (nSPS) is 10.5. The summed E-state index contributed by atoms with van der Waals surface area (Å²) < 4.78 is 0.